The fourth-order valence-corrected chi connectivity index (χ4v) is 3.69. The number of anilines is 1. The molecule has 0 saturated heterocycles. The van der Waals surface area contributed by atoms with Crippen LogP contribution in [0.25, 0.3) is 0 Å². The van der Waals surface area contributed by atoms with E-state index in [0.717, 1.165) is 4.47 Å². The van der Waals surface area contributed by atoms with Gasteiger partial charge in [0.1, 0.15) is 11.5 Å². The second-order valence-electron chi connectivity index (χ2n) is 5.32. The van der Waals surface area contributed by atoms with Crippen LogP contribution in [0.3, 0.4) is 0 Å². The largest absolute Gasteiger partial charge is 0.497 e. The van der Waals surface area contributed by atoms with Gasteiger partial charge in [-0.25, -0.2) is 13.1 Å². The molecule has 2 rings (SSSR count). The predicted octanol–water partition coefficient (Wildman–Crippen LogP) is 2.52. The van der Waals surface area contributed by atoms with E-state index in [4.69, 9.17) is 9.47 Å². The van der Waals surface area contributed by atoms with Gasteiger partial charge in [-0.1, -0.05) is 28.1 Å². The maximum atomic E-state index is 12.1. The molecule has 0 saturated carbocycles. The Labute approximate surface area is 160 Å². The molecular weight excluding hydrogens is 424 g/mol. The molecule has 0 bridgehead atoms. The number of halogens is 1. The Morgan fingerprint density at radius 1 is 1.12 bits per heavy atom. The molecule has 0 aliphatic heterocycles. The van der Waals surface area contributed by atoms with Crippen LogP contribution in [0.1, 0.15) is 5.56 Å². The molecule has 7 nitrogen and oxygen atoms in total. The third-order valence-electron chi connectivity index (χ3n) is 3.38. The van der Waals surface area contributed by atoms with Gasteiger partial charge in [-0.3, -0.25) is 4.79 Å². The SMILES string of the molecule is COc1ccc(NC(=O)CNS(=O)(=O)Cc2cccc(Br)c2)c(OC)c1. The van der Waals surface area contributed by atoms with Crippen LogP contribution in [0, 0.1) is 0 Å². The van der Waals surface area contributed by atoms with Crippen LogP contribution >= 0.6 is 15.9 Å². The zero-order valence-electron chi connectivity index (χ0n) is 14.3. The highest BCUT2D eigenvalue weighted by atomic mass is 79.9. The summed E-state index contributed by atoms with van der Waals surface area (Å²) in [6.07, 6.45) is 0. The smallest absolute Gasteiger partial charge is 0.239 e. The average molecular weight is 443 g/mol. The molecule has 0 aliphatic carbocycles. The third kappa shape index (κ3) is 6.01. The van der Waals surface area contributed by atoms with E-state index in [2.05, 4.69) is 26.0 Å². The van der Waals surface area contributed by atoms with Gasteiger partial charge in [0.15, 0.2) is 0 Å². The lowest BCUT2D eigenvalue weighted by molar-refractivity contribution is -0.115. The number of methoxy groups -OCH3 is 2. The van der Waals surface area contributed by atoms with Crippen LogP contribution in [0.15, 0.2) is 46.9 Å². The number of carbonyl (C=O) groups excluding carboxylic acids is 1. The Bertz CT molecular complexity index is 886. The maximum absolute atomic E-state index is 12.1. The van der Waals surface area contributed by atoms with Crippen LogP contribution in [0.2, 0.25) is 0 Å². The van der Waals surface area contributed by atoms with Crippen molar-refractivity contribution in [2.75, 3.05) is 26.1 Å². The molecule has 0 aromatic heterocycles. The van der Waals surface area contributed by atoms with E-state index in [0.29, 0.717) is 22.7 Å². The number of amides is 1. The van der Waals surface area contributed by atoms with Gasteiger partial charge >= 0.3 is 0 Å². The lowest BCUT2D eigenvalue weighted by atomic mass is 10.2. The molecule has 0 fully saturated rings. The van der Waals surface area contributed by atoms with Gasteiger partial charge in [-0.15, -0.1) is 0 Å². The zero-order valence-corrected chi connectivity index (χ0v) is 16.7. The maximum Gasteiger partial charge on any atom is 0.239 e. The fourth-order valence-electron chi connectivity index (χ4n) is 2.17. The summed E-state index contributed by atoms with van der Waals surface area (Å²) in [5, 5.41) is 2.60. The Morgan fingerprint density at radius 3 is 2.54 bits per heavy atom. The van der Waals surface area contributed by atoms with Crippen molar-refractivity contribution in [2.45, 2.75) is 5.75 Å². The topological polar surface area (TPSA) is 93.7 Å². The van der Waals surface area contributed by atoms with E-state index in [1.807, 2.05) is 0 Å². The van der Waals surface area contributed by atoms with Gasteiger partial charge in [-0.05, 0) is 29.8 Å². The Kier molecular flexibility index (Phi) is 7.01. The predicted molar refractivity (Wildman–Crippen MR) is 103 cm³/mol. The highest BCUT2D eigenvalue weighted by Crippen LogP contribution is 2.28. The normalized spacial score (nSPS) is 11.0. The molecule has 26 heavy (non-hydrogen) atoms. The summed E-state index contributed by atoms with van der Waals surface area (Å²) in [6.45, 7) is -0.383. The Hall–Kier alpha value is -2.10. The lowest BCUT2D eigenvalue weighted by Crippen LogP contribution is -2.33. The minimum absolute atomic E-state index is 0.217. The second kappa shape index (κ2) is 9.02. The summed E-state index contributed by atoms with van der Waals surface area (Å²) in [6, 6.07) is 11.9. The minimum Gasteiger partial charge on any atom is -0.497 e. The summed E-state index contributed by atoms with van der Waals surface area (Å²) in [7, 11) is -0.664. The highest BCUT2D eigenvalue weighted by Gasteiger charge is 2.15. The fraction of sp³-hybridized carbons (Fsp3) is 0.235. The number of sulfonamides is 1. The molecular formula is C17H19BrN2O5S. The molecule has 1 amide bonds. The van der Waals surface area contributed by atoms with Crippen molar-refractivity contribution in [1.29, 1.82) is 0 Å². The van der Waals surface area contributed by atoms with Crippen LogP contribution in [0.4, 0.5) is 5.69 Å². The quantitative estimate of drug-likeness (QED) is 0.654. The van der Waals surface area contributed by atoms with E-state index < -0.39 is 15.9 Å². The monoisotopic (exact) mass is 442 g/mol. The first-order valence-electron chi connectivity index (χ1n) is 7.56. The summed E-state index contributed by atoms with van der Waals surface area (Å²) in [5.74, 6) is 0.265. The molecule has 2 N–H and O–H groups in total. The van der Waals surface area contributed by atoms with E-state index in [9.17, 15) is 13.2 Å². The molecule has 140 valence electrons. The number of hydrogen-bond donors (Lipinski definition) is 2. The summed E-state index contributed by atoms with van der Waals surface area (Å²) in [4.78, 5) is 12.1. The molecule has 0 spiro atoms. The van der Waals surface area contributed by atoms with Crippen LogP contribution in [-0.4, -0.2) is 35.1 Å². The first kappa shape index (κ1) is 20.2. The van der Waals surface area contributed by atoms with Crippen LogP contribution in [-0.2, 0) is 20.6 Å². The van der Waals surface area contributed by atoms with E-state index >= 15 is 0 Å². The van der Waals surface area contributed by atoms with Crippen molar-refractivity contribution in [2.24, 2.45) is 0 Å². The number of hydrogen-bond acceptors (Lipinski definition) is 5. The van der Waals surface area contributed by atoms with Crippen molar-refractivity contribution in [3.63, 3.8) is 0 Å². The van der Waals surface area contributed by atoms with Crippen LogP contribution < -0.4 is 19.5 Å². The number of rotatable bonds is 8. The van der Waals surface area contributed by atoms with Gasteiger partial charge in [0.05, 0.1) is 32.2 Å². The molecule has 0 heterocycles. The van der Waals surface area contributed by atoms with E-state index in [1.165, 1.54) is 14.2 Å². The molecule has 0 aliphatic rings. The van der Waals surface area contributed by atoms with Crippen molar-refractivity contribution in [1.82, 2.24) is 4.72 Å². The first-order valence-corrected chi connectivity index (χ1v) is 10.0. The third-order valence-corrected chi connectivity index (χ3v) is 5.17. The molecule has 0 radical (unpaired) electrons. The number of benzene rings is 2. The molecule has 2 aromatic rings. The average Bonchev–Trinajstić information content (AvgIpc) is 2.60. The summed E-state index contributed by atoms with van der Waals surface area (Å²) in [5.41, 5.74) is 1.04. The second-order valence-corrected chi connectivity index (χ2v) is 8.05. The number of nitrogens with one attached hydrogen (secondary N) is 2. The molecule has 0 atom stereocenters. The molecule has 9 heteroatoms. The molecule has 2 aromatic carbocycles. The van der Waals surface area contributed by atoms with Crippen molar-refractivity contribution < 1.29 is 22.7 Å². The number of ether oxygens (including phenoxy) is 2. The van der Waals surface area contributed by atoms with E-state index in [-0.39, 0.29) is 12.3 Å². The lowest BCUT2D eigenvalue weighted by Gasteiger charge is -2.12. The van der Waals surface area contributed by atoms with Gasteiger partial charge in [0, 0.05) is 10.5 Å². The van der Waals surface area contributed by atoms with E-state index in [1.54, 1.807) is 42.5 Å². The molecule has 0 unspecified atom stereocenters. The summed E-state index contributed by atoms with van der Waals surface area (Å²) >= 11 is 3.29. The zero-order chi connectivity index (χ0) is 19.2. The van der Waals surface area contributed by atoms with Crippen LogP contribution in [0.5, 0.6) is 11.5 Å². The van der Waals surface area contributed by atoms with Crippen molar-refractivity contribution in [3.8, 4) is 11.5 Å². The van der Waals surface area contributed by atoms with Gasteiger partial charge in [-0.2, -0.15) is 0 Å². The van der Waals surface area contributed by atoms with Crippen molar-refractivity contribution in [3.05, 3.63) is 52.5 Å². The Morgan fingerprint density at radius 2 is 1.88 bits per heavy atom. The summed E-state index contributed by atoms with van der Waals surface area (Å²) < 4.78 is 37.6. The van der Waals surface area contributed by atoms with Gasteiger partial charge in [0.25, 0.3) is 0 Å². The minimum atomic E-state index is -3.65. The Balaban J connectivity index is 1.95. The van der Waals surface area contributed by atoms with Gasteiger partial charge in [0.2, 0.25) is 15.9 Å². The highest BCUT2D eigenvalue weighted by molar-refractivity contribution is 9.10. The first-order chi connectivity index (χ1) is 12.3. The van der Waals surface area contributed by atoms with Crippen molar-refractivity contribution >= 4 is 37.5 Å². The van der Waals surface area contributed by atoms with Gasteiger partial charge < -0.3 is 14.8 Å². The standard InChI is InChI=1S/C17H19BrN2O5S/c1-24-14-6-7-15(16(9-14)25-2)20-17(21)10-19-26(22,23)11-12-4-3-5-13(18)8-12/h3-9,19H,10-11H2,1-2H3,(H,20,21). The number of carbonyl (C=O) groups is 1.